The molecule has 1 fully saturated rings. The Bertz CT molecular complexity index is 855. The summed E-state index contributed by atoms with van der Waals surface area (Å²) in [4.78, 5) is 15.0. The molecule has 1 saturated heterocycles. The Morgan fingerprint density at radius 3 is 2.50 bits per heavy atom. The number of hydrogen-bond donors (Lipinski definition) is 0. The molecular weight excluding hydrogens is 362 g/mol. The molecule has 0 unspecified atom stereocenters. The molecule has 0 radical (unpaired) electrons. The van der Waals surface area contributed by atoms with E-state index in [0.29, 0.717) is 22.4 Å². The van der Waals surface area contributed by atoms with E-state index < -0.39 is 0 Å². The molecule has 1 amide bonds. The number of thioether (sulfide) groups is 1. The minimum absolute atomic E-state index is 0.0486. The number of carbonyl (C=O) groups excluding carboxylic acids is 1. The average molecular weight is 382 g/mol. The van der Waals surface area contributed by atoms with Gasteiger partial charge in [-0.2, -0.15) is 0 Å². The molecule has 132 valence electrons. The van der Waals surface area contributed by atoms with Gasteiger partial charge in [0.2, 0.25) is 0 Å². The monoisotopic (exact) mass is 381 g/mol. The number of rotatable bonds is 6. The molecule has 0 atom stereocenters. The molecule has 0 aliphatic carbocycles. The first-order valence-electron chi connectivity index (χ1n) is 8.21. The lowest BCUT2D eigenvalue weighted by molar-refractivity contribution is -0.122. The quantitative estimate of drug-likeness (QED) is 0.402. The number of benzene rings is 2. The SMILES string of the molecule is C=CCOc1ccc(/C=C2\SC(=S)N(Cc3ccc(C)cc3)C2=O)cc1. The molecule has 0 bridgehead atoms. The maximum atomic E-state index is 12.7. The zero-order valence-corrected chi connectivity index (χ0v) is 16.1. The number of amides is 1. The molecule has 1 aliphatic heterocycles. The van der Waals surface area contributed by atoms with E-state index >= 15 is 0 Å². The van der Waals surface area contributed by atoms with Crippen LogP contribution in [-0.2, 0) is 11.3 Å². The lowest BCUT2D eigenvalue weighted by Gasteiger charge is -2.14. The summed E-state index contributed by atoms with van der Waals surface area (Å²) in [5.74, 6) is 0.724. The molecule has 0 saturated carbocycles. The normalized spacial score (nSPS) is 15.6. The number of carbonyl (C=O) groups is 1. The lowest BCUT2D eigenvalue weighted by atomic mass is 10.1. The highest BCUT2D eigenvalue weighted by atomic mass is 32.2. The molecule has 2 aromatic carbocycles. The molecule has 2 aromatic rings. The van der Waals surface area contributed by atoms with Crippen LogP contribution in [0.2, 0.25) is 0 Å². The summed E-state index contributed by atoms with van der Waals surface area (Å²) in [7, 11) is 0. The van der Waals surface area contributed by atoms with Crippen molar-refractivity contribution >= 4 is 40.3 Å². The van der Waals surface area contributed by atoms with Gasteiger partial charge in [0.1, 0.15) is 16.7 Å². The largest absolute Gasteiger partial charge is 0.490 e. The van der Waals surface area contributed by atoms with E-state index in [0.717, 1.165) is 16.9 Å². The highest BCUT2D eigenvalue weighted by Crippen LogP contribution is 2.33. The van der Waals surface area contributed by atoms with Crippen molar-refractivity contribution in [3.05, 3.63) is 82.8 Å². The molecule has 0 aromatic heterocycles. The number of hydrogen-bond acceptors (Lipinski definition) is 4. The summed E-state index contributed by atoms with van der Waals surface area (Å²) in [6, 6.07) is 15.7. The molecule has 1 heterocycles. The van der Waals surface area contributed by atoms with Crippen LogP contribution in [0, 0.1) is 6.92 Å². The van der Waals surface area contributed by atoms with E-state index in [9.17, 15) is 4.79 Å². The van der Waals surface area contributed by atoms with Gasteiger partial charge in [-0.05, 0) is 36.3 Å². The van der Waals surface area contributed by atoms with Crippen LogP contribution in [-0.4, -0.2) is 21.7 Å². The molecule has 3 nitrogen and oxygen atoms in total. The molecule has 5 heteroatoms. The van der Waals surface area contributed by atoms with Gasteiger partial charge in [-0.15, -0.1) is 0 Å². The van der Waals surface area contributed by atoms with Crippen molar-refractivity contribution in [2.45, 2.75) is 13.5 Å². The predicted octanol–water partition coefficient (Wildman–Crippen LogP) is 4.96. The molecule has 26 heavy (non-hydrogen) atoms. The third-order valence-corrected chi connectivity index (χ3v) is 5.26. The van der Waals surface area contributed by atoms with Gasteiger partial charge in [-0.1, -0.05) is 78.6 Å². The highest BCUT2D eigenvalue weighted by Gasteiger charge is 2.31. The van der Waals surface area contributed by atoms with Crippen molar-refractivity contribution in [1.29, 1.82) is 0 Å². The van der Waals surface area contributed by atoms with Crippen molar-refractivity contribution < 1.29 is 9.53 Å². The summed E-state index contributed by atoms with van der Waals surface area (Å²) >= 11 is 6.74. The van der Waals surface area contributed by atoms with Gasteiger partial charge in [0.25, 0.3) is 5.91 Å². The van der Waals surface area contributed by atoms with Crippen LogP contribution in [0.25, 0.3) is 6.08 Å². The fourth-order valence-electron chi connectivity index (χ4n) is 2.48. The maximum Gasteiger partial charge on any atom is 0.266 e. The Balaban J connectivity index is 1.72. The van der Waals surface area contributed by atoms with Gasteiger partial charge in [0, 0.05) is 0 Å². The van der Waals surface area contributed by atoms with Crippen molar-refractivity contribution in [3.63, 3.8) is 0 Å². The number of thiocarbonyl (C=S) groups is 1. The van der Waals surface area contributed by atoms with E-state index in [1.54, 1.807) is 11.0 Å². The second-order valence-corrected chi connectivity index (χ2v) is 7.60. The second-order valence-electron chi connectivity index (χ2n) is 5.92. The number of aryl methyl sites for hydroxylation is 1. The minimum Gasteiger partial charge on any atom is -0.490 e. The number of nitrogens with zero attached hydrogens (tertiary/aromatic N) is 1. The topological polar surface area (TPSA) is 29.5 Å². The molecular formula is C21H19NO2S2. The Labute approximate surface area is 163 Å². The molecule has 0 spiro atoms. The van der Waals surface area contributed by atoms with Crippen molar-refractivity contribution in [1.82, 2.24) is 4.90 Å². The van der Waals surface area contributed by atoms with Crippen LogP contribution in [0.1, 0.15) is 16.7 Å². The third kappa shape index (κ3) is 4.42. The predicted molar refractivity (Wildman–Crippen MR) is 112 cm³/mol. The van der Waals surface area contributed by atoms with Gasteiger partial charge >= 0.3 is 0 Å². The zero-order chi connectivity index (χ0) is 18.5. The Morgan fingerprint density at radius 2 is 1.85 bits per heavy atom. The Morgan fingerprint density at radius 1 is 1.15 bits per heavy atom. The van der Waals surface area contributed by atoms with Crippen LogP contribution in [0.5, 0.6) is 5.75 Å². The van der Waals surface area contributed by atoms with Crippen molar-refractivity contribution in [2.75, 3.05) is 6.61 Å². The zero-order valence-electron chi connectivity index (χ0n) is 14.5. The van der Waals surface area contributed by atoms with Crippen LogP contribution in [0.4, 0.5) is 0 Å². The van der Waals surface area contributed by atoms with Crippen LogP contribution in [0.15, 0.2) is 66.1 Å². The van der Waals surface area contributed by atoms with Gasteiger partial charge in [0.15, 0.2) is 0 Å². The Hall–Kier alpha value is -2.37. The third-order valence-electron chi connectivity index (χ3n) is 3.88. The van der Waals surface area contributed by atoms with E-state index in [1.165, 1.54) is 17.3 Å². The smallest absolute Gasteiger partial charge is 0.266 e. The lowest BCUT2D eigenvalue weighted by Crippen LogP contribution is -2.27. The Kier molecular flexibility index (Phi) is 5.91. The van der Waals surface area contributed by atoms with Crippen molar-refractivity contribution in [2.24, 2.45) is 0 Å². The van der Waals surface area contributed by atoms with Gasteiger partial charge < -0.3 is 4.74 Å². The first kappa shape index (κ1) is 18.4. The second kappa shape index (κ2) is 8.34. The van der Waals surface area contributed by atoms with Gasteiger partial charge in [-0.25, -0.2) is 0 Å². The van der Waals surface area contributed by atoms with Crippen LogP contribution >= 0.6 is 24.0 Å². The maximum absolute atomic E-state index is 12.7. The standard InChI is InChI=1S/C21H19NO2S2/c1-3-12-24-18-10-8-16(9-11-18)13-19-20(23)22(21(25)26-19)14-17-6-4-15(2)5-7-17/h3-11,13H,1,12,14H2,2H3/b19-13-. The fraction of sp³-hybridized carbons (Fsp3) is 0.143. The summed E-state index contributed by atoms with van der Waals surface area (Å²) in [6.07, 6.45) is 3.57. The van der Waals surface area contributed by atoms with E-state index in [4.69, 9.17) is 17.0 Å². The summed E-state index contributed by atoms with van der Waals surface area (Å²) < 4.78 is 6.06. The molecule has 0 N–H and O–H groups in total. The molecule has 1 aliphatic rings. The van der Waals surface area contributed by atoms with Crippen LogP contribution in [0.3, 0.4) is 0 Å². The van der Waals surface area contributed by atoms with E-state index in [2.05, 4.69) is 6.58 Å². The summed E-state index contributed by atoms with van der Waals surface area (Å²) in [6.45, 7) is 6.63. The average Bonchev–Trinajstić information content (AvgIpc) is 2.90. The minimum atomic E-state index is -0.0486. The summed E-state index contributed by atoms with van der Waals surface area (Å²) in [5.41, 5.74) is 3.20. The van der Waals surface area contributed by atoms with Gasteiger partial charge in [0.05, 0.1) is 11.4 Å². The van der Waals surface area contributed by atoms with Crippen molar-refractivity contribution in [3.8, 4) is 5.75 Å². The first-order valence-corrected chi connectivity index (χ1v) is 9.44. The number of ether oxygens (including phenoxy) is 1. The van der Waals surface area contributed by atoms with Crippen LogP contribution < -0.4 is 4.74 Å². The molecule has 3 rings (SSSR count). The first-order chi connectivity index (χ1) is 12.6. The van der Waals surface area contributed by atoms with E-state index in [-0.39, 0.29) is 5.91 Å². The van der Waals surface area contributed by atoms with Gasteiger partial charge in [-0.3, -0.25) is 9.69 Å². The summed E-state index contributed by atoms with van der Waals surface area (Å²) in [5, 5.41) is 0. The van der Waals surface area contributed by atoms with E-state index in [1.807, 2.05) is 61.5 Å². The fourth-order valence-corrected chi connectivity index (χ4v) is 3.73. The highest BCUT2D eigenvalue weighted by molar-refractivity contribution is 8.26.